The van der Waals surface area contributed by atoms with Gasteiger partial charge in [-0.15, -0.1) is 11.3 Å². The van der Waals surface area contributed by atoms with Crippen LogP contribution >= 0.6 is 11.3 Å². The quantitative estimate of drug-likeness (QED) is 0.706. The summed E-state index contributed by atoms with van der Waals surface area (Å²) in [6.45, 7) is 1.58. The second kappa shape index (κ2) is 5.49. The molecule has 1 aliphatic carbocycles. The van der Waals surface area contributed by atoms with Gasteiger partial charge in [0.2, 0.25) is 0 Å². The van der Waals surface area contributed by atoms with Crippen molar-refractivity contribution >= 4 is 28.1 Å². The number of amides is 1. The molecule has 0 saturated heterocycles. The average molecular weight is 336 g/mol. The van der Waals surface area contributed by atoms with Crippen LogP contribution in [0.2, 0.25) is 0 Å². The number of benzene rings is 1. The van der Waals surface area contributed by atoms with Gasteiger partial charge in [-0.05, 0) is 72.9 Å². The van der Waals surface area contributed by atoms with Crippen LogP contribution < -0.4 is 0 Å². The number of H-pyrrole nitrogens is 1. The molecule has 2 aromatic heterocycles. The van der Waals surface area contributed by atoms with Crippen LogP contribution in [0.25, 0.3) is 10.9 Å². The smallest absolute Gasteiger partial charge is 0.254 e. The minimum Gasteiger partial charge on any atom is -0.358 e. The van der Waals surface area contributed by atoms with E-state index in [1.807, 2.05) is 22.3 Å². The van der Waals surface area contributed by atoms with E-state index in [2.05, 4.69) is 28.6 Å². The molecule has 0 atom stereocenters. The van der Waals surface area contributed by atoms with E-state index in [1.165, 1.54) is 45.4 Å². The number of rotatable bonds is 1. The van der Waals surface area contributed by atoms with Crippen molar-refractivity contribution in [3.8, 4) is 0 Å². The third kappa shape index (κ3) is 2.20. The van der Waals surface area contributed by atoms with E-state index in [0.29, 0.717) is 0 Å². The molecule has 4 heteroatoms. The molecular weight excluding hydrogens is 316 g/mol. The summed E-state index contributed by atoms with van der Waals surface area (Å²) in [4.78, 5) is 20.0. The first-order chi connectivity index (χ1) is 11.8. The Morgan fingerprint density at radius 2 is 2.04 bits per heavy atom. The number of aromatic nitrogens is 1. The van der Waals surface area contributed by atoms with Crippen LogP contribution in [-0.2, 0) is 25.8 Å². The van der Waals surface area contributed by atoms with Crippen molar-refractivity contribution in [3.05, 3.63) is 56.9 Å². The number of hydrogen-bond acceptors (Lipinski definition) is 2. The zero-order chi connectivity index (χ0) is 16.1. The summed E-state index contributed by atoms with van der Waals surface area (Å²) in [5.74, 6) is 0.166. The van der Waals surface area contributed by atoms with Gasteiger partial charge in [0.25, 0.3) is 5.91 Å². The van der Waals surface area contributed by atoms with Crippen LogP contribution in [0.15, 0.2) is 29.6 Å². The molecule has 1 aromatic carbocycles. The summed E-state index contributed by atoms with van der Waals surface area (Å²) in [6, 6.07) is 8.34. The van der Waals surface area contributed by atoms with E-state index >= 15 is 0 Å². The molecule has 0 unspecified atom stereocenters. The van der Waals surface area contributed by atoms with Crippen molar-refractivity contribution in [2.75, 3.05) is 6.54 Å². The fourth-order valence-electron chi connectivity index (χ4n) is 4.14. The second-order valence-electron chi connectivity index (χ2n) is 6.90. The zero-order valence-corrected chi connectivity index (χ0v) is 14.4. The van der Waals surface area contributed by atoms with Crippen molar-refractivity contribution in [1.82, 2.24) is 9.88 Å². The van der Waals surface area contributed by atoms with Gasteiger partial charge in [0, 0.05) is 40.1 Å². The molecular formula is C20H20N2OS. The Morgan fingerprint density at radius 3 is 3.00 bits per heavy atom. The Labute approximate surface area is 145 Å². The number of nitrogens with zero attached hydrogens (tertiary/aromatic N) is 1. The first-order valence-corrected chi connectivity index (χ1v) is 9.65. The molecule has 1 amide bonds. The molecule has 2 aliphatic rings. The summed E-state index contributed by atoms with van der Waals surface area (Å²) in [7, 11) is 0. The standard InChI is InChI=1S/C20H20N2OS/c23-20(22-9-7-19-14(12-22)8-10-24-19)13-5-6-18-16(11-13)15-3-1-2-4-17(15)21-18/h5-6,8,10-11,21H,1-4,7,9,12H2. The van der Waals surface area contributed by atoms with Gasteiger partial charge in [0.1, 0.15) is 0 Å². The highest BCUT2D eigenvalue weighted by Gasteiger charge is 2.23. The molecule has 0 fully saturated rings. The lowest BCUT2D eigenvalue weighted by molar-refractivity contribution is 0.0736. The monoisotopic (exact) mass is 336 g/mol. The van der Waals surface area contributed by atoms with Gasteiger partial charge < -0.3 is 9.88 Å². The van der Waals surface area contributed by atoms with Crippen LogP contribution in [0.4, 0.5) is 0 Å². The van der Waals surface area contributed by atoms with Gasteiger partial charge in [-0.2, -0.15) is 0 Å². The predicted molar refractivity (Wildman–Crippen MR) is 97.7 cm³/mol. The zero-order valence-electron chi connectivity index (χ0n) is 13.6. The van der Waals surface area contributed by atoms with Crippen LogP contribution in [0.5, 0.6) is 0 Å². The molecule has 3 nitrogen and oxygen atoms in total. The van der Waals surface area contributed by atoms with E-state index in [9.17, 15) is 4.79 Å². The largest absolute Gasteiger partial charge is 0.358 e. The van der Waals surface area contributed by atoms with Crippen LogP contribution in [0, 0.1) is 0 Å². The number of carbonyl (C=O) groups is 1. The maximum absolute atomic E-state index is 13.0. The molecule has 122 valence electrons. The normalized spacial score (nSPS) is 16.9. The minimum atomic E-state index is 0.166. The van der Waals surface area contributed by atoms with Crippen molar-refractivity contribution in [2.45, 2.75) is 38.6 Å². The van der Waals surface area contributed by atoms with Crippen LogP contribution in [0.3, 0.4) is 0 Å². The fourth-order valence-corrected chi connectivity index (χ4v) is 5.03. The van der Waals surface area contributed by atoms with Gasteiger partial charge in [0.05, 0.1) is 0 Å². The van der Waals surface area contributed by atoms with Crippen molar-refractivity contribution in [1.29, 1.82) is 0 Å². The predicted octanol–water partition coefficient (Wildman–Crippen LogP) is 4.31. The summed E-state index contributed by atoms with van der Waals surface area (Å²) in [6.07, 6.45) is 5.78. The van der Waals surface area contributed by atoms with Crippen molar-refractivity contribution in [3.63, 3.8) is 0 Å². The highest BCUT2D eigenvalue weighted by molar-refractivity contribution is 7.10. The van der Waals surface area contributed by atoms with Gasteiger partial charge in [-0.1, -0.05) is 0 Å². The molecule has 0 spiro atoms. The first kappa shape index (κ1) is 14.3. The van der Waals surface area contributed by atoms with Gasteiger partial charge >= 0.3 is 0 Å². The lowest BCUT2D eigenvalue weighted by atomic mass is 9.95. The topological polar surface area (TPSA) is 36.1 Å². The van der Waals surface area contributed by atoms with Crippen LogP contribution in [-0.4, -0.2) is 22.3 Å². The minimum absolute atomic E-state index is 0.166. The number of aryl methyl sites for hydroxylation is 2. The number of aromatic amines is 1. The molecule has 3 aromatic rings. The van der Waals surface area contributed by atoms with Gasteiger partial charge in [-0.25, -0.2) is 0 Å². The maximum Gasteiger partial charge on any atom is 0.254 e. The Morgan fingerprint density at radius 1 is 1.12 bits per heavy atom. The molecule has 3 heterocycles. The highest BCUT2D eigenvalue weighted by Crippen LogP contribution is 2.31. The number of thiophene rings is 1. The fraction of sp³-hybridized carbons (Fsp3) is 0.350. The Kier molecular flexibility index (Phi) is 3.27. The highest BCUT2D eigenvalue weighted by atomic mass is 32.1. The van der Waals surface area contributed by atoms with E-state index in [-0.39, 0.29) is 5.91 Å². The molecule has 24 heavy (non-hydrogen) atoms. The molecule has 1 aliphatic heterocycles. The number of fused-ring (bicyclic) bond motifs is 4. The van der Waals surface area contributed by atoms with Crippen molar-refractivity contribution < 1.29 is 4.79 Å². The summed E-state index contributed by atoms with van der Waals surface area (Å²) < 4.78 is 0. The summed E-state index contributed by atoms with van der Waals surface area (Å²) >= 11 is 1.81. The molecule has 0 bridgehead atoms. The van der Waals surface area contributed by atoms with Gasteiger partial charge in [0.15, 0.2) is 0 Å². The van der Waals surface area contributed by atoms with Crippen LogP contribution in [0.1, 0.15) is 44.9 Å². The molecule has 0 saturated carbocycles. The summed E-state index contributed by atoms with van der Waals surface area (Å²) in [5.41, 5.74) is 6.14. The van der Waals surface area contributed by atoms with Gasteiger partial charge in [-0.3, -0.25) is 4.79 Å². The van der Waals surface area contributed by atoms with E-state index in [0.717, 1.165) is 37.9 Å². The van der Waals surface area contributed by atoms with Crippen molar-refractivity contribution in [2.24, 2.45) is 0 Å². The Balaban J connectivity index is 1.49. The second-order valence-corrected chi connectivity index (χ2v) is 7.90. The Hall–Kier alpha value is -2.07. The molecule has 1 N–H and O–H groups in total. The SMILES string of the molecule is O=C(c1ccc2[nH]c3c(c2c1)CCCC3)N1CCc2sccc2C1. The average Bonchev–Trinajstić information content (AvgIpc) is 3.24. The molecule has 5 rings (SSSR count). The third-order valence-corrected chi connectivity index (χ3v) is 6.46. The summed E-state index contributed by atoms with van der Waals surface area (Å²) in [5, 5.41) is 3.39. The number of nitrogens with one attached hydrogen (secondary N) is 1. The van der Waals surface area contributed by atoms with E-state index < -0.39 is 0 Å². The third-order valence-electron chi connectivity index (χ3n) is 5.44. The molecule has 0 radical (unpaired) electrons. The lowest BCUT2D eigenvalue weighted by Crippen LogP contribution is -2.35. The maximum atomic E-state index is 13.0. The van der Waals surface area contributed by atoms with E-state index in [4.69, 9.17) is 0 Å². The van der Waals surface area contributed by atoms with E-state index in [1.54, 1.807) is 0 Å². The number of carbonyl (C=O) groups excluding carboxylic acids is 1. The Bertz CT molecular complexity index is 936. The first-order valence-electron chi connectivity index (χ1n) is 8.77. The number of hydrogen-bond donors (Lipinski definition) is 1. The lowest BCUT2D eigenvalue weighted by Gasteiger charge is -2.27.